The second-order valence-electron chi connectivity index (χ2n) is 4.59. The quantitative estimate of drug-likeness (QED) is 0.478. The van der Waals surface area contributed by atoms with E-state index in [0.717, 1.165) is 0 Å². The normalized spacial score (nSPS) is 10.5. The van der Waals surface area contributed by atoms with Crippen molar-refractivity contribution in [2.75, 3.05) is 7.11 Å². The number of aromatic nitrogens is 1. The number of halogens is 2. The number of aromatic amines is 1. The number of carbonyl (C=O) groups is 2. The van der Waals surface area contributed by atoms with Crippen LogP contribution in [0, 0.1) is 6.92 Å². The van der Waals surface area contributed by atoms with Crippen LogP contribution in [-0.2, 0) is 10.1 Å². The fourth-order valence-corrected chi connectivity index (χ4v) is 3.00. The predicted molar refractivity (Wildman–Crippen MR) is 86.0 cm³/mol. The largest absolute Gasteiger partial charge is 0.507 e. The number of phenols is 1. The summed E-state index contributed by atoms with van der Waals surface area (Å²) in [6, 6.07) is 4.24. The van der Waals surface area contributed by atoms with E-state index in [-0.39, 0.29) is 22.7 Å². The molecule has 0 bridgehead atoms. The highest BCUT2D eigenvalue weighted by Crippen LogP contribution is 2.28. The summed E-state index contributed by atoms with van der Waals surface area (Å²) in [6.45, 7) is 1.72. The van der Waals surface area contributed by atoms with Gasteiger partial charge >= 0.3 is 5.97 Å². The van der Waals surface area contributed by atoms with Gasteiger partial charge in [-0.25, -0.2) is 4.79 Å². The highest BCUT2D eigenvalue weighted by Gasteiger charge is 2.25. The van der Waals surface area contributed by atoms with Crippen LogP contribution in [0.15, 0.2) is 18.2 Å². The van der Waals surface area contributed by atoms with Gasteiger partial charge in [0.2, 0.25) is 5.78 Å². The van der Waals surface area contributed by atoms with Crippen LogP contribution in [0.2, 0.25) is 5.02 Å². The number of methoxy groups -OCH3 is 1. The van der Waals surface area contributed by atoms with Gasteiger partial charge in [0.1, 0.15) is 11.4 Å². The Morgan fingerprint density at radius 2 is 2.05 bits per heavy atom. The molecule has 0 saturated carbocycles. The first-order chi connectivity index (χ1) is 10.4. The van der Waals surface area contributed by atoms with Gasteiger partial charge in [0, 0.05) is 10.4 Å². The predicted octanol–water partition coefficient (Wildman–Crippen LogP) is 3.59. The number of carbonyl (C=O) groups excluding carboxylic acids is 2. The van der Waals surface area contributed by atoms with Crippen molar-refractivity contribution in [1.29, 1.82) is 0 Å². The number of rotatable bonds is 4. The van der Waals surface area contributed by atoms with Gasteiger partial charge in [-0.3, -0.25) is 4.79 Å². The summed E-state index contributed by atoms with van der Waals surface area (Å²) >= 11 is 9.07. The van der Waals surface area contributed by atoms with Crippen LogP contribution in [0.25, 0.3) is 0 Å². The highest BCUT2D eigenvalue weighted by atomic mass is 79.9. The molecule has 0 radical (unpaired) electrons. The Morgan fingerprint density at radius 1 is 1.36 bits per heavy atom. The van der Waals surface area contributed by atoms with Crippen molar-refractivity contribution >= 4 is 39.3 Å². The second-order valence-corrected chi connectivity index (χ2v) is 5.59. The van der Waals surface area contributed by atoms with E-state index < -0.39 is 11.8 Å². The van der Waals surface area contributed by atoms with Crippen LogP contribution in [0.3, 0.4) is 0 Å². The number of H-pyrrole nitrogens is 1. The van der Waals surface area contributed by atoms with Crippen molar-refractivity contribution in [2.45, 2.75) is 12.3 Å². The van der Waals surface area contributed by atoms with Crippen molar-refractivity contribution in [2.24, 2.45) is 0 Å². The fourth-order valence-electron chi connectivity index (χ4n) is 2.13. The summed E-state index contributed by atoms with van der Waals surface area (Å²) in [7, 11) is 1.27. The van der Waals surface area contributed by atoms with Crippen LogP contribution < -0.4 is 0 Å². The summed E-state index contributed by atoms with van der Waals surface area (Å²) in [6.07, 6.45) is 0. The van der Waals surface area contributed by atoms with Crippen molar-refractivity contribution < 1.29 is 19.4 Å². The average molecular weight is 387 g/mol. The zero-order valence-electron chi connectivity index (χ0n) is 11.9. The van der Waals surface area contributed by atoms with Crippen molar-refractivity contribution in [3.8, 4) is 5.75 Å². The third kappa shape index (κ3) is 2.89. The van der Waals surface area contributed by atoms with Gasteiger partial charge < -0.3 is 14.8 Å². The van der Waals surface area contributed by atoms with Gasteiger partial charge in [0.05, 0.1) is 18.4 Å². The summed E-state index contributed by atoms with van der Waals surface area (Å²) in [5.41, 5.74) is 1.81. The highest BCUT2D eigenvalue weighted by molar-refractivity contribution is 9.08. The Labute approximate surface area is 140 Å². The van der Waals surface area contributed by atoms with E-state index in [9.17, 15) is 14.7 Å². The Bertz CT molecular complexity index is 754. The standard InChI is InChI=1S/C15H13BrClNO4/c1-7-10(6-16)13(18-12(7)15(21)22-2)14(20)9-4-3-8(17)5-11(9)19/h3-5,18-19H,6H2,1-2H3. The number of nitrogens with one attached hydrogen (secondary N) is 1. The first-order valence-corrected chi connectivity index (χ1v) is 7.79. The number of hydrogen-bond donors (Lipinski definition) is 2. The maximum Gasteiger partial charge on any atom is 0.354 e. The molecule has 0 aliphatic heterocycles. The van der Waals surface area contributed by atoms with Crippen LogP contribution in [0.5, 0.6) is 5.75 Å². The molecule has 2 rings (SSSR count). The molecular weight excluding hydrogens is 374 g/mol. The SMILES string of the molecule is COC(=O)c1[nH]c(C(=O)c2ccc(Cl)cc2O)c(CBr)c1C. The number of ketones is 1. The molecule has 116 valence electrons. The van der Waals surface area contributed by atoms with Crippen molar-refractivity contribution in [1.82, 2.24) is 4.98 Å². The van der Waals surface area contributed by atoms with Gasteiger partial charge in [-0.15, -0.1) is 0 Å². The van der Waals surface area contributed by atoms with Gasteiger partial charge in [0.25, 0.3) is 0 Å². The Hall–Kier alpha value is -1.79. The molecule has 0 fully saturated rings. The van der Waals surface area contributed by atoms with Crippen LogP contribution >= 0.6 is 27.5 Å². The van der Waals surface area contributed by atoms with Crippen LogP contribution in [0.1, 0.15) is 37.7 Å². The minimum Gasteiger partial charge on any atom is -0.507 e. The lowest BCUT2D eigenvalue weighted by molar-refractivity contribution is 0.0594. The van der Waals surface area contributed by atoms with Gasteiger partial charge in [-0.2, -0.15) is 0 Å². The molecule has 2 aromatic rings. The maximum atomic E-state index is 12.6. The zero-order chi connectivity index (χ0) is 16.4. The van der Waals surface area contributed by atoms with Gasteiger partial charge in [-0.05, 0) is 36.2 Å². The lowest BCUT2D eigenvalue weighted by Gasteiger charge is -2.05. The number of hydrogen-bond acceptors (Lipinski definition) is 4. The molecule has 22 heavy (non-hydrogen) atoms. The Morgan fingerprint density at radius 3 is 2.59 bits per heavy atom. The van der Waals surface area contributed by atoms with E-state index in [1.165, 1.54) is 25.3 Å². The van der Waals surface area contributed by atoms with E-state index >= 15 is 0 Å². The molecule has 0 atom stereocenters. The molecule has 0 amide bonds. The third-order valence-electron chi connectivity index (χ3n) is 3.33. The number of ether oxygens (including phenoxy) is 1. The number of phenolic OH excluding ortho intramolecular Hbond substituents is 1. The number of aromatic hydroxyl groups is 1. The topological polar surface area (TPSA) is 79.4 Å². The van der Waals surface area contributed by atoms with E-state index in [1.807, 2.05) is 0 Å². The second kappa shape index (κ2) is 6.54. The number of benzene rings is 1. The minimum atomic E-state index is -0.556. The number of alkyl halides is 1. The van der Waals surface area contributed by atoms with E-state index in [1.54, 1.807) is 6.92 Å². The van der Waals surface area contributed by atoms with Crippen molar-refractivity contribution in [3.05, 3.63) is 51.3 Å². The van der Waals surface area contributed by atoms with Gasteiger partial charge in [0.15, 0.2) is 0 Å². The maximum absolute atomic E-state index is 12.6. The smallest absolute Gasteiger partial charge is 0.354 e. The molecular formula is C15H13BrClNO4. The summed E-state index contributed by atoms with van der Waals surface area (Å²) in [5, 5.41) is 10.6. The van der Waals surface area contributed by atoms with Crippen LogP contribution in [0.4, 0.5) is 0 Å². The Kier molecular flexibility index (Phi) is 4.93. The molecule has 0 aliphatic carbocycles. The fraction of sp³-hybridized carbons (Fsp3) is 0.200. The van der Waals surface area contributed by atoms with E-state index in [4.69, 9.17) is 16.3 Å². The van der Waals surface area contributed by atoms with Crippen molar-refractivity contribution in [3.63, 3.8) is 0 Å². The molecule has 0 unspecified atom stereocenters. The lowest BCUT2D eigenvalue weighted by atomic mass is 10.0. The minimum absolute atomic E-state index is 0.101. The first-order valence-electron chi connectivity index (χ1n) is 6.29. The molecule has 1 aromatic heterocycles. The molecule has 0 spiro atoms. The molecule has 5 nitrogen and oxygen atoms in total. The molecule has 1 heterocycles. The summed E-state index contributed by atoms with van der Waals surface area (Å²) in [5.74, 6) is -1.20. The zero-order valence-corrected chi connectivity index (χ0v) is 14.2. The molecule has 0 saturated heterocycles. The molecule has 2 N–H and O–H groups in total. The summed E-state index contributed by atoms with van der Waals surface area (Å²) in [4.78, 5) is 27.2. The molecule has 7 heteroatoms. The Balaban J connectivity index is 2.56. The van der Waals surface area contributed by atoms with Gasteiger partial charge in [-0.1, -0.05) is 27.5 Å². The lowest BCUT2D eigenvalue weighted by Crippen LogP contribution is -2.06. The number of esters is 1. The van der Waals surface area contributed by atoms with E-state index in [0.29, 0.717) is 21.5 Å². The molecule has 0 aliphatic rings. The average Bonchev–Trinajstić information content (AvgIpc) is 2.82. The molecule has 1 aromatic carbocycles. The third-order valence-corrected chi connectivity index (χ3v) is 4.13. The monoisotopic (exact) mass is 385 g/mol. The van der Waals surface area contributed by atoms with Crippen LogP contribution in [-0.4, -0.2) is 29.0 Å². The van der Waals surface area contributed by atoms with E-state index in [2.05, 4.69) is 20.9 Å². The summed E-state index contributed by atoms with van der Waals surface area (Å²) < 4.78 is 4.69. The first kappa shape index (κ1) is 16.6.